The Balaban J connectivity index is 0.000000238. The minimum absolute atomic E-state index is 0.0146. The molecule has 6 unspecified atom stereocenters. The van der Waals surface area contributed by atoms with Crippen LogP contribution in [0.3, 0.4) is 0 Å². The second-order valence-electron chi connectivity index (χ2n) is 16.5. The van der Waals surface area contributed by atoms with Crippen molar-refractivity contribution in [1.29, 1.82) is 0 Å². The molecule has 1 aliphatic heterocycles. The fourth-order valence-electron chi connectivity index (χ4n) is 9.69. The zero-order valence-corrected chi connectivity index (χ0v) is 36.1. The minimum atomic E-state index is -6.62. The Morgan fingerprint density at radius 3 is 1.68 bits per heavy atom. The molecule has 332 valence electrons. The molecule has 4 fully saturated rings. The Morgan fingerprint density at radius 2 is 1.19 bits per heavy atom. The number of alkyl halides is 4. The van der Waals surface area contributed by atoms with E-state index < -0.39 is 75.0 Å². The van der Waals surface area contributed by atoms with Gasteiger partial charge in [-0.3, -0.25) is 0 Å². The predicted molar refractivity (Wildman–Crippen MR) is 227 cm³/mol. The van der Waals surface area contributed by atoms with Crippen LogP contribution in [0.4, 0.5) is 17.6 Å². The number of halogens is 4. The van der Waals surface area contributed by atoms with Crippen LogP contribution in [0.25, 0.3) is 0 Å². The highest BCUT2D eigenvalue weighted by Crippen LogP contribution is 2.63. The summed E-state index contributed by atoms with van der Waals surface area (Å²) in [5, 5.41) is -5.77. The third-order valence-electron chi connectivity index (χ3n) is 12.8. The first-order valence-corrected chi connectivity index (χ1v) is 23.8. The van der Waals surface area contributed by atoms with E-state index in [9.17, 15) is 26.5 Å². The molecule has 63 heavy (non-hydrogen) atoms. The number of hydrogen-bond acceptors (Lipinski definition) is 8. The summed E-state index contributed by atoms with van der Waals surface area (Å²) in [4.78, 5) is 16.6. The van der Waals surface area contributed by atoms with E-state index in [-0.39, 0.29) is 23.9 Å². The van der Waals surface area contributed by atoms with Crippen LogP contribution in [0.2, 0.25) is 0 Å². The van der Waals surface area contributed by atoms with Crippen LogP contribution < -0.4 is 4.74 Å². The molecule has 3 saturated carbocycles. The molecule has 5 aromatic rings. The Hall–Kier alpha value is -4.73. The third-order valence-corrected chi connectivity index (χ3v) is 15.9. The van der Waals surface area contributed by atoms with Gasteiger partial charge in [-0.2, -0.15) is 17.6 Å². The molecule has 0 radical (unpaired) electrons. The van der Waals surface area contributed by atoms with Gasteiger partial charge in [-0.1, -0.05) is 91.9 Å². The lowest BCUT2D eigenvalue weighted by Gasteiger charge is -2.38. The quantitative estimate of drug-likeness (QED) is 0.0497. The van der Waals surface area contributed by atoms with Crippen molar-refractivity contribution in [1.82, 2.24) is 0 Å². The average Bonchev–Trinajstić information content (AvgIpc) is 4.11. The first-order valence-electron chi connectivity index (χ1n) is 21.1. The minimum Gasteiger partial charge on any atom is -0.743 e. The molecule has 9 rings (SSSR count). The van der Waals surface area contributed by atoms with Crippen molar-refractivity contribution in [2.75, 3.05) is 6.61 Å². The van der Waals surface area contributed by atoms with Crippen LogP contribution in [0.5, 0.6) is 5.75 Å². The van der Waals surface area contributed by atoms with E-state index in [4.69, 9.17) is 18.9 Å². The number of carbonyl (C=O) groups excluding carboxylic acids is 1. The molecule has 1 saturated heterocycles. The number of benzene rings is 5. The van der Waals surface area contributed by atoms with E-state index >= 15 is 8.78 Å². The number of hydrogen-bond donors (Lipinski definition) is 0. The van der Waals surface area contributed by atoms with Gasteiger partial charge in [-0.05, 0) is 117 Å². The molecule has 0 N–H and O–H groups in total. The Morgan fingerprint density at radius 1 is 0.714 bits per heavy atom. The van der Waals surface area contributed by atoms with Gasteiger partial charge in [0.2, 0.25) is 5.79 Å². The summed E-state index contributed by atoms with van der Waals surface area (Å²) in [6.07, 6.45) is 2.26. The van der Waals surface area contributed by atoms with Crippen molar-refractivity contribution in [3.63, 3.8) is 0 Å². The van der Waals surface area contributed by atoms with Gasteiger partial charge in [0.05, 0.1) is 23.1 Å². The van der Waals surface area contributed by atoms with Crippen molar-refractivity contribution in [2.45, 2.75) is 101 Å². The first kappa shape index (κ1) is 44.9. The highest BCUT2D eigenvalue weighted by atomic mass is 32.2. The maximum Gasteiger partial charge on any atom is 0.396 e. The summed E-state index contributed by atoms with van der Waals surface area (Å²) in [5.74, 6) is -10.6. The van der Waals surface area contributed by atoms with Crippen LogP contribution in [-0.4, -0.2) is 54.5 Å². The van der Waals surface area contributed by atoms with Crippen LogP contribution in [0.15, 0.2) is 160 Å². The van der Waals surface area contributed by atoms with Crippen LogP contribution in [0, 0.1) is 17.8 Å². The van der Waals surface area contributed by atoms with E-state index in [1.807, 2.05) is 6.92 Å². The number of esters is 1. The fourth-order valence-corrected chi connectivity index (χ4v) is 12.3. The van der Waals surface area contributed by atoms with Gasteiger partial charge in [0.15, 0.2) is 31.4 Å². The van der Waals surface area contributed by atoms with Gasteiger partial charge in [0, 0.05) is 17.0 Å². The van der Waals surface area contributed by atoms with Crippen molar-refractivity contribution < 1.29 is 54.3 Å². The molecule has 8 nitrogen and oxygen atoms in total. The highest BCUT2D eigenvalue weighted by molar-refractivity contribution is 7.97. The van der Waals surface area contributed by atoms with Crippen LogP contribution >= 0.6 is 0 Å². The topological polar surface area (TPSA) is 111 Å². The summed E-state index contributed by atoms with van der Waals surface area (Å²) in [7, 11) is -6.63. The lowest BCUT2D eigenvalue weighted by molar-refractivity contribution is -0.213. The van der Waals surface area contributed by atoms with E-state index in [1.165, 1.54) is 14.7 Å². The largest absolute Gasteiger partial charge is 0.743 e. The second kappa shape index (κ2) is 18.0. The summed E-state index contributed by atoms with van der Waals surface area (Å²) >= 11 is 0. The maximum atomic E-state index is 15.0. The zero-order chi connectivity index (χ0) is 44.5. The van der Waals surface area contributed by atoms with Gasteiger partial charge in [-0.25, -0.2) is 13.2 Å². The van der Waals surface area contributed by atoms with E-state index in [2.05, 4.69) is 91.0 Å². The molecule has 2 bridgehead atoms. The SMILES string of the molecule is CCC1(OC(=O)COc2ccc(C3(c4ccccc4)OC4C5CC(C4O3)C(C(F)(F)C(F)(F)S(=O)(=O)[O-])C5)cc2)CCCC1.c1ccc([S+](c2ccccc2)c2ccccc2)cc1. The molecular formula is C49H48F4O8S2. The molecule has 0 amide bonds. The second-order valence-corrected chi connectivity index (χ2v) is 20.0. The lowest BCUT2D eigenvalue weighted by Crippen LogP contribution is -2.55. The number of ether oxygens (including phenoxy) is 4. The van der Waals surface area contributed by atoms with Crippen molar-refractivity contribution in [2.24, 2.45) is 17.8 Å². The molecular weight excluding hydrogens is 857 g/mol. The van der Waals surface area contributed by atoms with E-state index in [0.717, 1.165) is 32.1 Å². The Labute approximate surface area is 368 Å². The maximum absolute atomic E-state index is 15.0. The number of fused-ring (bicyclic) bond motifs is 5. The Kier molecular flexibility index (Phi) is 12.8. The summed E-state index contributed by atoms with van der Waals surface area (Å²) in [6, 6.07) is 47.3. The molecule has 3 aliphatic carbocycles. The molecule has 14 heteroatoms. The van der Waals surface area contributed by atoms with Gasteiger partial charge >= 0.3 is 17.1 Å². The molecule has 4 aliphatic rings. The summed E-state index contributed by atoms with van der Waals surface area (Å²) in [6.45, 7) is 1.70. The number of carbonyl (C=O) groups is 1. The predicted octanol–water partition coefficient (Wildman–Crippen LogP) is 10.5. The van der Waals surface area contributed by atoms with Gasteiger partial charge in [0.25, 0.3) is 0 Å². The standard InChI is InChI=1S/C31H34F4O8S.C18H15S/c1-2-28(14-6-7-15-28)41-25(36)18-40-22-12-10-21(11-13-22)29(20-8-4-3-5-9-20)42-26-19-16-23(27(26)43-29)24(17-19)30(32,33)31(34,35)44(37,38)39;1-4-10-16(11-5-1)19(17-12-6-2-7-13-17)18-14-8-3-9-15-18/h3-5,8-13,19,23-24,26-27H,2,6-7,14-18H2,1H3,(H,37,38,39);1-15H/q;+1/p-1. The fraction of sp³-hybridized carbons (Fsp3) is 0.367. The normalized spacial score (nSPS) is 25.0. The van der Waals surface area contributed by atoms with Crippen LogP contribution in [0.1, 0.15) is 63.0 Å². The summed E-state index contributed by atoms with van der Waals surface area (Å²) in [5.41, 5.74) is 0.561. The molecule has 5 aromatic carbocycles. The molecule has 1 heterocycles. The van der Waals surface area contributed by atoms with E-state index in [0.29, 0.717) is 16.9 Å². The molecule has 0 aromatic heterocycles. The van der Waals surface area contributed by atoms with Crippen LogP contribution in [-0.2, 0) is 45.8 Å². The average molecular weight is 905 g/mol. The van der Waals surface area contributed by atoms with Crippen molar-refractivity contribution in [3.8, 4) is 5.75 Å². The Bertz CT molecular complexity index is 2330. The number of rotatable bonds is 13. The summed E-state index contributed by atoms with van der Waals surface area (Å²) < 4.78 is 116. The molecule has 0 spiro atoms. The zero-order valence-electron chi connectivity index (χ0n) is 34.5. The molecule has 6 atom stereocenters. The van der Waals surface area contributed by atoms with E-state index in [1.54, 1.807) is 54.6 Å². The smallest absolute Gasteiger partial charge is 0.396 e. The van der Waals surface area contributed by atoms with Gasteiger partial charge in [0.1, 0.15) is 11.4 Å². The lowest BCUT2D eigenvalue weighted by atomic mass is 9.81. The van der Waals surface area contributed by atoms with Gasteiger partial charge in [-0.15, -0.1) is 0 Å². The van der Waals surface area contributed by atoms with Crippen molar-refractivity contribution in [3.05, 3.63) is 157 Å². The highest BCUT2D eigenvalue weighted by Gasteiger charge is 2.73. The van der Waals surface area contributed by atoms with Crippen molar-refractivity contribution >= 4 is 27.0 Å². The third kappa shape index (κ3) is 8.77. The first-order chi connectivity index (χ1) is 30.2. The van der Waals surface area contributed by atoms with Gasteiger partial charge < -0.3 is 23.5 Å². The monoisotopic (exact) mass is 904 g/mol.